The van der Waals surface area contributed by atoms with Gasteiger partial charge in [-0.25, -0.2) is 9.97 Å². The zero-order chi connectivity index (χ0) is 12.4. The first kappa shape index (κ1) is 11.8. The number of carbonyl (C=O) groups is 1. The van der Waals surface area contributed by atoms with E-state index in [1.165, 1.54) is 18.3 Å². The Kier molecular flexibility index (Phi) is 3.26. The van der Waals surface area contributed by atoms with E-state index >= 15 is 0 Å². The standard InChI is InChI=1S/C10H9ClN4OS/c1-5(16)15-10-14-4-8(17-10)6-2-7(12)9(11)13-3-6/h2-4H,12H2,1H3,(H,14,15,16). The maximum atomic E-state index is 10.9. The molecule has 0 aliphatic carbocycles. The monoisotopic (exact) mass is 268 g/mol. The summed E-state index contributed by atoms with van der Waals surface area (Å²) in [5.74, 6) is -0.153. The molecular weight excluding hydrogens is 260 g/mol. The summed E-state index contributed by atoms with van der Waals surface area (Å²) in [4.78, 5) is 19.8. The van der Waals surface area contributed by atoms with Gasteiger partial charge < -0.3 is 11.1 Å². The van der Waals surface area contributed by atoms with Crippen LogP contribution in [-0.2, 0) is 4.79 Å². The summed E-state index contributed by atoms with van der Waals surface area (Å²) >= 11 is 7.08. The predicted octanol–water partition coefficient (Wildman–Crippen LogP) is 2.40. The smallest absolute Gasteiger partial charge is 0.223 e. The van der Waals surface area contributed by atoms with Crippen LogP contribution in [0.5, 0.6) is 0 Å². The van der Waals surface area contributed by atoms with E-state index in [-0.39, 0.29) is 11.1 Å². The van der Waals surface area contributed by atoms with Gasteiger partial charge in [-0.05, 0) is 6.07 Å². The average molecular weight is 269 g/mol. The number of pyridine rings is 1. The van der Waals surface area contributed by atoms with Crippen LogP contribution in [0.3, 0.4) is 0 Å². The van der Waals surface area contributed by atoms with E-state index in [2.05, 4.69) is 15.3 Å². The maximum absolute atomic E-state index is 10.9. The molecule has 2 aromatic heterocycles. The molecule has 88 valence electrons. The molecular formula is C10H9ClN4OS. The maximum Gasteiger partial charge on any atom is 0.223 e. The first-order valence-electron chi connectivity index (χ1n) is 4.71. The van der Waals surface area contributed by atoms with Gasteiger partial charge >= 0.3 is 0 Å². The van der Waals surface area contributed by atoms with Crippen LogP contribution >= 0.6 is 22.9 Å². The lowest BCUT2D eigenvalue weighted by Gasteiger charge is -1.99. The van der Waals surface area contributed by atoms with Crippen molar-refractivity contribution in [1.82, 2.24) is 9.97 Å². The molecule has 0 aliphatic rings. The van der Waals surface area contributed by atoms with E-state index < -0.39 is 0 Å². The van der Waals surface area contributed by atoms with Crippen molar-refractivity contribution in [2.24, 2.45) is 0 Å². The predicted molar refractivity (Wildman–Crippen MR) is 69.1 cm³/mol. The lowest BCUT2D eigenvalue weighted by molar-refractivity contribution is -0.114. The minimum atomic E-state index is -0.153. The van der Waals surface area contributed by atoms with Gasteiger partial charge in [-0.3, -0.25) is 4.79 Å². The SMILES string of the molecule is CC(=O)Nc1ncc(-c2cnc(Cl)c(N)c2)s1. The highest BCUT2D eigenvalue weighted by Gasteiger charge is 2.07. The minimum absolute atomic E-state index is 0.153. The van der Waals surface area contributed by atoms with Crippen LogP contribution in [0.2, 0.25) is 5.15 Å². The fraction of sp³-hybridized carbons (Fsp3) is 0.100. The number of nitrogen functional groups attached to an aromatic ring is 1. The summed E-state index contributed by atoms with van der Waals surface area (Å²) in [5, 5.41) is 3.43. The first-order chi connectivity index (χ1) is 8.06. The molecule has 0 atom stereocenters. The molecule has 7 heteroatoms. The number of nitrogens with zero attached hydrogens (tertiary/aromatic N) is 2. The van der Waals surface area contributed by atoms with Gasteiger partial charge in [-0.2, -0.15) is 0 Å². The topological polar surface area (TPSA) is 80.9 Å². The molecule has 0 fully saturated rings. The molecule has 2 rings (SSSR count). The van der Waals surface area contributed by atoms with Crippen LogP contribution in [0.4, 0.5) is 10.8 Å². The number of carbonyl (C=O) groups excluding carboxylic acids is 1. The molecule has 0 aromatic carbocycles. The Labute approximate surface area is 107 Å². The van der Waals surface area contributed by atoms with Crippen molar-refractivity contribution in [3.8, 4) is 10.4 Å². The molecule has 5 nitrogen and oxygen atoms in total. The highest BCUT2D eigenvalue weighted by Crippen LogP contribution is 2.30. The molecule has 0 unspecified atom stereocenters. The van der Waals surface area contributed by atoms with Gasteiger partial charge in [0.15, 0.2) is 10.3 Å². The lowest BCUT2D eigenvalue weighted by atomic mass is 10.2. The molecule has 17 heavy (non-hydrogen) atoms. The minimum Gasteiger partial charge on any atom is -0.396 e. The quantitative estimate of drug-likeness (QED) is 0.820. The second-order valence-electron chi connectivity index (χ2n) is 3.31. The zero-order valence-corrected chi connectivity index (χ0v) is 10.5. The van der Waals surface area contributed by atoms with Crippen molar-refractivity contribution < 1.29 is 4.79 Å². The van der Waals surface area contributed by atoms with Crippen molar-refractivity contribution in [2.75, 3.05) is 11.1 Å². The van der Waals surface area contributed by atoms with Gasteiger partial charge in [-0.15, -0.1) is 0 Å². The molecule has 3 N–H and O–H groups in total. The summed E-state index contributed by atoms with van der Waals surface area (Å²) in [6.07, 6.45) is 3.27. The number of nitrogens with two attached hydrogens (primary N) is 1. The van der Waals surface area contributed by atoms with Crippen molar-refractivity contribution in [2.45, 2.75) is 6.92 Å². The van der Waals surface area contributed by atoms with Crippen LogP contribution < -0.4 is 11.1 Å². The Morgan fingerprint density at radius 2 is 2.24 bits per heavy atom. The van der Waals surface area contributed by atoms with E-state index in [0.717, 1.165) is 10.4 Å². The molecule has 2 heterocycles. The molecule has 1 amide bonds. The Bertz CT molecular complexity index is 569. The highest BCUT2D eigenvalue weighted by atomic mass is 35.5. The number of aromatic nitrogens is 2. The summed E-state index contributed by atoms with van der Waals surface area (Å²) in [5.41, 5.74) is 6.90. The third kappa shape index (κ3) is 2.72. The van der Waals surface area contributed by atoms with Crippen LogP contribution in [0.25, 0.3) is 10.4 Å². The van der Waals surface area contributed by atoms with Crippen LogP contribution in [0.1, 0.15) is 6.92 Å². The molecule has 0 bridgehead atoms. The lowest BCUT2D eigenvalue weighted by Crippen LogP contribution is -2.04. The van der Waals surface area contributed by atoms with Gasteiger partial charge in [0.2, 0.25) is 5.91 Å². The zero-order valence-electron chi connectivity index (χ0n) is 8.90. The van der Waals surface area contributed by atoms with Crippen molar-refractivity contribution in [1.29, 1.82) is 0 Å². The van der Waals surface area contributed by atoms with Gasteiger partial charge in [0, 0.05) is 24.9 Å². The molecule has 0 radical (unpaired) electrons. The van der Waals surface area contributed by atoms with E-state index in [0.29, 0.717) is 10.8 Å². The normalized spacial score (nSPS) is 10.2. The Morgan fingerprint density at radius 3 is 2.88 bits per heavy atom. The number of anilines is 2. The average Bonchev–Trinajstić information content (AvgIpc) is 2.69. The highest BCUT2D eigenvalue weighted by molar-refractivity contribution is 7.19. The number of hydrogen-bond acceptors (Lipinski definition) is 5. The fourth-order valence-corrected chi connectivity index (χ4v) is 2.16. The number of nitrogens with one attached hydrogen (secondary N) is 1. The van der Waals surface area contributed by atoms with E-state index in [1.807, 2.05) is 0 Å². The second kappa shape index (κ2) is 4.68. The number of rotatable bonds is 2. The summed E-state index contributed by atoms with van der Waals surface area (Å²) in [7, 11) is 0. The number of amides is 1. The van der Waals surface area contributed by atoms with Crippen molar-refractivity contribution in [3.05, 3.63) is 23.6 Å². The fourth-order valence-electron chi connectivity index (χ4n) is 1.22. The van der Waals surface area contributed by atoms with Gasteiger partial charge in [0.25, 0.3) is 0 Å². The summed E-state index contributed by atoms with van der Waals surface area (Å²) in [6.45, 7) is 1.43. The number of halogens is 1. The van der Waals surface area contributed by atoms with Crippen LogP contribution in [0, 0.1) is 0 Å². The van der Waals surface area contributed by atoms with E-state index in [4.69, 9.17) is 17.3 Å². The third-order valence-corrected chi connectivity index (χ3v) is 3.22. The molecule has 0 spiro atoms. The third-order valence-electron chi connectivity index (χ3n) is 1.94. The van der Waals surface area contributed by atoms with E-state index in [1.54, 1.807) is 18.5 Å². The van der Waals surface area contributed by atoms with Crippen molar-refractivity contribution in [3.63, 3.8) is 0 Å². The summed E-state index contributed by atoms with van der Waals surface area (Å²) in [6, 6.07) is 1.72. The van der Waals surface area contributed by atoms with E-state index in [9.17, 15) is 4.79 Å². The van der Waals surface area contributed by atoms with Crippen molar-refractivity contribution >= 4 is 39.7 Å². The molecule has 0 saturated carbocycles. The summed E-state index contributed by atoms with van der Waals surface area (Å²) < 4.78 is 0. The Morgan fingerprint density at radius 1 is 1.47 bits per heavy atom. The van der Waals surface area contributed by atoms with Crippen LogP contribution in [0.15, 0.2) is 18.5 Å². The molecule has 2 aromatic rings. The number of hydrogen-bond donors (Lipinski definition) is 2. The molecule has 0 saturated heterocycles. The second-order valence-corrected chi connectivity index (χ2v) is 4.70. The first-order valence-corrected chi connectivity index (χ1v) is 5.90. The van der Waals surface area contributed by atoms with Gasteiger partial charge in [0.05, 0.1) is 10.6 Å². The molecule has 0 aliphatic heterocycles. The largest absolute Gasteiger partial charge is 0.396 e. The van der Waals surface area contributed by atoms with Gasteiger partial charge in [0.1, 0.15) is 0 Å². The number of thiazole rings is 1. The Hall–Kier alpha value is -1.66. The Balaban J connectivity index is 2.30. The van der Waals surface area contributed by atoms with Crippen LogP contribution in [-0.4, -0.2) is 15.9 Å². The van der Waals surface area contributed by atoms with Gasteiger partial charge in [-0.1, -0.05) is 22.9 Å².